The van der Waals surface area contributed by atoms with Crippen molar-refractivity contribution in [3.63, 3.8) is 0 Å². The van der Waals surface area contributed by atoms with Crippen LogP contribution in [0.25, 0.3) is 6.08 Å². The highest BCUT2D eigenvalue weighted by atomic mass is 35.5. The molecule has 1 aromatic rings. The number of nitrogens with zero attached hydrogens (tertiary/aromatic N) is 2. The van der Waals surface area contributed by atoms with Crippen LogP contribution in [-0.4, -0.2) is 4.98 Å². The van der Waals surface area contributed by atoms with E-state index in [4.69, 9.17) is 16.9 Å². The van der Waals surface area contributed by atoms with Gasteiger partial charge in [-0.15, -0.1) is 0 Å². The summed E-state index contributed by atoms with van der Waals surface area (Å²) in [5.41, 5.74) is 1.75. The molecule has 60 valence electrons. The summed E-state index contributed by atoms with van der Waals surface area (Å²) in [7, 11) is 0. The zero-order valence-electron chi connectivity index (χ0n) is 6.58. The molecule has 0 N–H and O–H groups in total. The van der Waals surface area contributed by atoms with Gasteiger partial charge in [0.1, 0.15) is 5.15 Å². The van der Waals surface area contributed by atoms with Gasteiger partial charge in [-0.25, -0.2) is 4.98 Å². The summed E-state index contributed by atoms with van der Waals surface area (Å²) in [6.07, 6.45) is 3.12. The summed E-state index contributed by atoms with van der Waals surface area (Å²) >= 11 is 5.65. The van der Waals surface area contributed by atoms with E-state index in [0.29, 0.717) is 5.15 Å². The number of hydrogen-bond donors (Lipinski definition) is 0. The minimum absolute atomic E-state index is 0.474. The van der Waals surface area contributed by atoms with E-state index < -0.39 is 0 Å². The van der Waals surface area contributed by atoms with Crippen LogP contribution in [0.3, 0.4) is 0 Å². The van der Waals surface area contributed by atoms with Crippen molar-refractivity contribution >= 4 is 17.7 Å². The lowest BCUT2D eigenvalue weighted by Gasteiger charge is -1.97. The average molecular weight is 179 g/mol. The van der Waals surface area contributed by atoms with Gasteiger partial charge in [0.05, 0.1) is 6.07 Å². The van der Waals surface area contributed by atoms with Crippen molar-refractivity contribution in [3.8, 4) is 6.07 Å². The lowest BCUT2D eigenvalue weighted by atomic mass is 10.2. The molecule has 0 bridgehead atoms. The first-order chi connectivity index (χ1) is 5.74. The Morgan fingerprint density at radius 1 is 1.58 bits per heavy atom. The van der Waals surface area contributed by atoms with Crippen molar-refractivity contribution in [2.45, 2.75) is 6.92 Å². The Morgan fingerprint density at radius 3 is 2.92 bits per heavy atom. The largest absolute Gasteiger partial charge is 0.241 e. The van der Waals surface area contributed by atoms with Gasteiger partial charge in [-0.2, -0.15) is 5.26 Å². The maximum Gasteiger partial charge on any atom is 0.129 e. The molecule has 0 atom stereocenters. The van der Waals surface area contributed by atoms with E-state index in [1.54, 1.807) is 12.1 Å². The highest BCUT2D eigenvalue weighted by molar-refractivity contribution is 6.29. The van der Waals surface area contributed by atoms with Gasteiger partial charge in [-0.3, -0.25) is 0 Å². The molecule has 0 saturated heterocycles. The van der Waals surface area contributed by atoms with E-state index in [-0.39, 0.29) is 0 Å². The van der Waals surface area contributed by atoms with Crippen LogP contribution in [0, 0.1) is 18.3 Å². The van der Waals surface area contributed by atoms with Gasteiger partial charge in [0.25, 0.3) is 0 Å². The molecule has 1 heterocycles. The number of nitriles is 1. The quantitative estimate of drug-likeness (QED) is 0.490. The van der Waals surface area contributed by atoms with Crippen LogP contribution in [0.2, 0.25) is 5.15 Å². The van der Waals surface area contributed by atoms with E-state index in [9.17, 15) is 0 Å². The molecule has 2 nitrogen and oxygen atoms in total. The Labute approximate surface area is 76.1 Å². The lowest BCUT2D eigenvalue weighted by molar-refractivity contribution is 1.19. The summed E-state index contributed by atoms with van der Waals surface area (Å²) in [5, 5.41) is 8.76. The van der Waals surface area contributed by atoms with Crippen molar-refractivity contribution in [3.05, 3.63) is 34.6 Å². The minimum atomic E-state index is 0.474. The van der Waals surface area contributed by atoms with E-state index in [1.807, 2.05) is 19.1 Å². The Morgan fingerprint density at radius 2 is 2.33 bits per heavy atom. The molecule has 0 aliphatic carbocycles. The Kier molecular flexibility index (Phi) is 2.84. The van der Waals surface area contributed by atoms with Crippen LogP contribution < -0.4 is 0 Å². The monoisotopic (exact) mass is 178 g/mol. The molecule has 0 saturated carbocycles. The fourth-order valence-electron chi connectivity index (χ4n) is 0.844. The Bertz CT molecular complexity index is 350. The van der Waals surface area contributed by atoms with Gasteiger partial charge >= 0.3 is 0 Å². The SMILES string of the molecule is Cc1nc(Cl)ccc1C=CC#N. The molecule has 0 aliphatic rings. The van der Waals surface area contributed by atoms with Gasteiger partial charge in [0.2, 0.25) is 0 Å². The number of allylic oxidation sites excluding steroid dienone is 1. The van der Waals surface area contributed by atoms with E-state index >= 15 is 0 Å². The van der Waals surface area contributed by atoms with Gasteiger partial charge in [0.15, 0.2) is 0 Å². The second kappa shape index (κ2) is 3.89. The fourth-order valence-corrected chi connectivity index (χ4v) is 1.03. The molecule has 0 fully saturated rings. The first-order valence-electron chi connectivity index (χ1n) is 3.43. The summed E-state index contributed by atoms with van der Waals surface area (Å²) in [5.74, 6) is 0. The molecule has 0 spiro atoms. The zero-order chi connectivity index (χ0) is 8.97. The van der Waals surface area contributed by atoms with Gasteiger partial charge in [-0.05, 0) is 24.6 Å². The van der Waals surface area contributed by atoms with Crippen LogP contribution in [-0.2, 0) is 0 Å². The van der Waals surface area contributed by atoms with Crippen molar-refractivity contribution in [1.82, 2.24) is 4.98 Å². The maximum absolute atomic E-state index is 8.29. The summed E-state index contributed by atoms with van der Waals surface area (Å²) < 4.78 is 0. The zero-order valence-corrected chi connectivity index (χ0v) is 7.34. The number of rotatable bonds is 1. The molecule has 0 amide bonds. The molecule has 0 aromatic carbocycles. The average Bonchev–Trinajstić information content (AvgIpc) is 2.03. The molecule has 0 radical (unpaired) electrons. The predicted molar refractivity (Wildman–Crippen MR) is 48.6 cm³/mol. The molecule has 0 aliphatic heterocycles. The smallest absolute Gasteiger partial charge is 0.129 e. The number of halogens is 1. The minimum Gasteiger partial charge on any atom is -0.241 e. The summed E-state index contributed by atoms with van der Waals surface area (Å²) in [6.45, 7) is 1.85. The van der Waals surface area contributed by atoms with Crippen molar-refractivity contribution < 1.29 is 0 Å². The predicted octanol–water partition coefficient (Wildman–Crippen LogP) is 2.58. The Hall–Kier alpha value is -1.33. The number of aryl methyl sites for hydroxylation is 1. The summed E-state index contributed by atoms with van der Waals surface area (Å²) in [6, 6.07) is 5.45. The fraction of sp³-hybridized carbons (Fsp3) is 0.111. The van der Waals surface area contributed by atoms with Crippen LogP contribution >= 0.6 is 11.6 Å². The van der Waals surface area contributed by atoms with Gasteiger partial charge in [0, 0.05) is 11.8 Å². The van der Waals surface area contributed by atoms with Crippen LogP contribution in [0.1, 0.15) is 11.3 Å². The molecule has 12 heavy (non-hydrogen) atoms. The Balaban J connectivity index is 3.03. The third kappa shape index (κ3) is 2.08. The molecular weight excluding hydrogens is 172 g/mol. The number of hydrogen-bond acceptors (Lipinski definition) is 2. The van der Waals surface area contributed by atoms with Crippen molar-refractivity contribution in [1.29, 1.82) is 5.26 Å². The van der Waals surface area contributed by atoms with Crippen LogP contribution in [0.4, 0.5) is 0 Å². The second-order valence-electron chi connectivity index (χ2n) is 2.27. The lowest BCUT2D eigenvalue weighted by Crippen LogP contribution is -1.85. The third-order valence-corrected chi connectivity index (χ3v) is 1.64. The van der Waals surface area contributed by atoms with E-state index in [1.165, 1.54) is 6.08 Å². The summed E-state index contributed by atoms with van der Waals surface area (Å²) in [4.78, 5) is 4.03. The highest BCUT2D eigenvalue weighted by Crippen LogP contribution is 2.11. The maximum atomic E-state index is 8.29. The first kappa shape index (κ1) is 8.76. The number of aromatic nitrogens is 1. The van der Waals surface area contributed by atoms with E-state index in [2.05, 4.69) is 4.98 Å². The number of pyridine rings is 1. The third-order valence-electron chi connectivity index (χ3n) is 1.43. The normalized spacial score (nSPS) is 10.1. The van der Waals surface area contributed by atoms with Gasteiger partial charge in [-0.1, -0.05) is 17.7 Å². The first-order valence-corrected chi connectivity index (χ1v) is 3.81. The molecule has 1 aromatic heterocycles. The highest BCUT2D eigenvalue weighted by Gasteiger charge is 1.95. The molecular formula is C9H7ClN2. The van der Waals surface area contributed by atoms with E-state index in [0.717, 1.165) is 11.3 Å². The molecule has 1 rings (SSSR count). The standard InChI is InChI=1S/C9H7ClN2/c1-7-8(3-2-6-11)4-5-9(10)12-7/h2-5H,1H3. The van der Waals surface area contributed by atoms with Crippen molar-refractivity contribution in [2.24, 2.45) is 0 Å². The molecule has 3 heteroatoms. The van der Waals surface area contributed by atoms with Gasteiger partial charge < -0.3 is 0 Å². The van der Waals surface area contributed by atoms with Crippen LogP contribution in [0.5, 0.6) is 0 Å². The topological polar surface area (TPSA) is 36.7 Å². The van der Waals surface area contributed by atoms with Crippen molar-refractivity contribution in [2.75, 3.05) is 0 Å². The second-order valence-corrected chi connectivity index (χ2v) is 2.66. The molecule has 0 unspecified atom stereocenters. The van der Waals surface area contributed by atoms with Crippen LogP contribution in [0.15, 0.2) is 18.2 Å².